The summed E-state index contributed by atoms with van der Waals surface area (Å²) in [4.78, 5) is 12.1. The molecule has 0 bridgehead atoms. The van der Waals surface area contributed by atoms with Crippen LogP contribution in [-0.2, 0) is 4.74 Å². The van der Waals surface area contributed by atoms with Crippen molar-refractivity contribution in [1.82, 2.24) is 5.32 Å². The molecule has 2 N–H and O–H groups in total. The maximum absolute atomic E-state index is 12.1. The van der Waals surface area contributed by atoms with Crippen molar-refractivity contribution in [2.45, 2.75) is 5.92 Å². The van der Waals surface area contributed by atoms with E-state index in [9.17, 15) is 9.90 Å². The Hall–Kier alpha value is -3.53. The topological polar surface area (TPSA) is 58.6 Å². The zero-order valence-electron chi connectivity index (χ0n) is 15.3. The number of aromatic hydroxyl groups is 1. The molecule has 0 heterocycles. The van der Waals surface area contributed by atoms with Crippen molar-refractivity contribution in [3.05, 3.63) is 95.6 Å². The quantitative estimate of drug-likeness (QED) is 0.668. The highest BCUT2D eigenvalue weighted by molar-refractivity contribution is 5.79. The Kier molecular flexibility index (Phi) is 5.11. The molecule has 4 nitrogen and oxygen atoms in total. The number of rotatable bonds is 5. The van der Waals surface area contributed by atoms with Crippen LogP contribution in [0.3, 0.4) is 0 Å². The lowest BCUT2D eigenvalue weighted by Crippen LogP contribution is -2.26. The third kappa shape index (κ3) is 3.76. The van der Waals surface area contributed by atoms with E-state index in [4.69, 9.17) is 4.74 Å². The Labute approximate surface area is 164 Å². The number of alkyl carbamates (subject to hydrolysis) is 1. The number of phenols is 1. The summed E-state index contributed by atoms with van der Waals surface area (Å²) in [5.41, 5.74) is 5.68. The van der Waals surface area contributed by atoms with Crippen molar-refractivity contribution < 1.29 is 14.6 Å². The maximum atomic E-state index is 12.1. The number of amides is 1. The van der Waals surface area contributed by atoms with Crippen LogP contribution < -0.4 is 5.32 Å². The number of phenolic OH excluding ortho intramolecular Hbond substituents is 1. The first-order valence-corrected chi connectivity index (χ1v) is 9.27. The van der Waals surface area contributed by atoms with E-state index in [1.165, 1.54) is 22.3 Å². The molecule has 4 heteroatoms. The van der Waals surface area contributed by atoms with E-state index in [2.05, 4.69) is 29.6 Å². The average Bonchev–Trinajstić information content (AvgIpc) is 3.04. The van der Waals surface area contributed by atoms with Gasteiger partial charge in [0.1, 0.15) is 12.4 Å². The molecule has 1 amide bonds. The number of carbonyl (C=O) groups is 1. The van der Waals surface area contributed by atoms with E-state index in [-0.39, 0.29) is 11.7 Å². The number of ether oxygens (including phenoxy) is 1. The van der Waals surface area contributed by atoms with Crippen molar-refractivity contribution >= 4 is 12.2 Å². The number of fused-ring (bicyclic) bond motifs is 3. The fourth-order valence-electron chi connectivity index (χ4n) is 3.62. The zero-order valence-corrected chi connectivity index (χ0v) is 15.3. The minimum absolute atomic E-state index is 0.0565. The Bertz CT molecular complexity index is 980. The van der Waals surface area contributed by atoms with Gasteiger partial charge in [-0.3, -0.25) is 0 Å². The largest absolute Gasteiger partial charge is 0.508 e. The molecule has 3 aromatic rings. The molecular formula is C24H21NO3. The predicted octanol–water partition coefficient (Wildman–Crippen LogP) is 4.94. The van der Waals surface area contributed by atoms with Gasteiger partial charge < -0.3 is 15.2 Å². The fraction of sp³-hybridized carbons (Fsp3) is 0.125. The summed E-state index contributed by atoms with van der Waals surface area (Å²) in [6.07, 6.45) is 3.21. The van der Waals surface area contributed by atoms with Gasteiger partial charge in [-0.1, -0.05) is 72.8 Å². The van der Waals surface area contributed by atoms with Gasteiger partial charge in [-0.2, -0.15) is 0 Å². The first-order valence-electron chi connectivity index (χ1n) is 9.27. The number of hydrogen-bond donors (Lipinski definition) is 2. The first kappa shape index (κ1) is 17.9. The molecule has 0 saturated carbocycles. The lowest BCUT2D eigenvalue weighted by atomic mass is 9.98. The third-order valence-corrected chi connectivity index (χ3v) is 4.89. The van der Waals surface area contributed by atoms with Crippen molar-refractivity contribution in [1.29, 1.82) is 0 Å². The second-order valence-corrected chi connectivity index (χ2v) is 6.70. The predicted molar refractivity (Wildman–Crippen MR) is 110 cm³/mol. The number of hydrogen-bond acceptors (Lipinski definition) is 3. The Morgan fingerprint density at radius 2 is 1.64 bits per heavy atom. The fourth-order valence-corrected chi connectivity index (χ4v) is 3.62. The normalized spacial score (nSPS) is 12.6. The summed E-state index contributed by atoms with van der Waals surface area (Å²) in [6.45, 7) is 0.655. The van der Waals surface area contributed by atoms with Crippen molar-refractivity contribution in [2.24, 2.45) is 0 Å². The van der Waals surface area contributed by atoms with Crippen LogP contribution in [0.5, 0.6) is 5.75 Å². The smallest absolute Gasteiger partial charge is 0.407 e. The maximum Gasteiger partial charge on any atom is 0.407 e. The zero-order chi connectivity index (χ0) is 19.3. The molecule has 0 saturated heterocycles. The minimum atomic E-state index is -0.442. The van der Waals surface area contributed by atoms with Gasteiger partial charge in [0, 0.05) is 12.5 Å². The van der Waals surface area contributed by atoms with Gasteiger partial charge in [0.25, 0.3) is 0 Å². The lowest BCUT2D eigenvalue weighted by Gasteiger charge is -2.14. The van der Waals surface area contributed by atoms with Crippen LogP contribution in [0.15, 0.2) is 78.9 Å². The van der Waals surface area contributed by atoms with Crippen LogP contribution in [0.4, 0.5) is 4.79 Å². The molecule has 0 radical (unpaired) electrons. The second-order valence-electron chi connectivity index (χ2n) is 6.70. The molecule has 3 aromatic carbocycles. The van der Waals surface area contributed by atoms with Gasteiger partial charge in [-0.05, 0) is 39.9 Å². The van der Waals surface area contributed by atoms with Crippen LogP contribution in [0.2, 0.25) is 0 Å². The van der Waals surface area contributed by atoms with Gasteiger partial charge in [-0.15, -0.1) is 0 Å². The van der Waals surface area contributed by atoms with Crippen LogP contribution in [-0.4, -0.2) is 24.4 Å². The summed E-state index contributed by atoms with van der Waals surface area (Å²) in [7, 11) is 0. The molecule has 1 aliphatic carbocycles. The van der Waals surface area contributed by atoms with E-state index < -0.39 is 6.09 Å². The van der Waals surface area contributed by atoms with Crippen LogP contribution in [0.25, 0.3) is 17.2 Å². The second kappa shape index (κ2) is 8.01. The molecule has 0 fully saturated rings. The van der Waals surface area contributed by atoms with Crippen LogP contribution >= 0.6 is 0 Å². The number of benzene rings is 3. The standard InChI is InChI=1S/C24H21NO3/c26-18-9-5-7-17(15-18)8-6-14-25-24(27)28-16-23-21-12-3-1-10-19(21)20-11-2-4-13-22(20)23/h1-13,15,23,26H,14,16H2,(H,25,27). The number of nitrogens with one attached hydrogen (secondary N) is 1. The Balaban J connectivity index is 1.34. The average molecular weight is 371 g/mol. The monoisotopic (exact) mass is 371 g/mol. The first-order chi connectivity index (χ1) is 13.7. The molecule has 0 spiro atoms. The molecule has 28 heavy (non-hydrogen) atoms. The van der Waals surface area contributed by atoms with Gasteiger partial charge in [0.15, 0.2) is 0 Å². The molecule has 1 aliphatic rings. The van der Waals surface area contributed by atoms with Gasteiger partial charge in [0.05, 0.1) is 0 Å². The van der Waals surface area contributed by atoms with Crippen molar-refractivity contribution in [2.75, 3.05) is 13.2 Å². The van der Waals surface area contributed by atoms with Crippen LogP contribution in [0, 0.1) is 0 Å². The van der Waals surface area contributed by atoms with Gasteiger partial charge in [-0.25, -0.2) is 4.79 Å². The molecule has 0 unspecified atom stereocenters. The van der Waals surface area contributed by atoms with E-state index in [1.54, 1.807) is 18.2 Å². The molecule has 0 atom stereocenters. The highest BCUT2D eigenvalue weighted by Gasteiger charge is 2.28. The highest BCUT2D eigenvalue weighted by atomic mass is 16.5. The SMILES string of the molecule is O=C(NCC=Cc1cccc(O)c1)OCC1c2ccccc2-c2ccccc21. The molecular weight excluding hydrogens is 350 g/mol. The van der Waals surface area contributed by atoms with E-state index in [0.717, 1.165) is 5.56 Å². The summed E-state index contributed by atoms with van der Waals surface area (Å²) in [5.74, 6) is 0.271. The van der Waals surface area contributed by atoms with Crippen molar-refractivity contribution in [3.8, 4) is 16.9 Å². The third-order valence-electron chi connectivity index (χ3n) is 4.89. The van der Waals surface area contributed by atoms with Crippen LogP contribution in [0.1, 0.15) is 22.6 Å². The van der Waals surface area contributed by atoms with E-state index >= 15 is 0 Å². The number of carbonyl (C=O) groups excluding carboxylic acids is 1. The Morgan fingerprint density at radius 1 is 0.964 bits per heavy atom. The highest BCUT2D eigenvalue weighted by Crippen LogP contribution is 2.44. The van der Waals surface area contributed by atoms with Gasteiger partial charge >= 0.3 is 6.09 Å². The van der Waals surface area contributed by atoms with E-state index in [0.29, 0.717) is 13.2 Å². The van der Waals surface area contributed by atoms with Gasteiger partial charge in [0.2, 0.25) is 0 Å². The van der Waals surface area contributed by atoms with Crippen molar-refractivity contribution in [3.63, 3.8) is 0 Å². The molecule has 0 aromatic heterocycles. The summed E-state index contributed by atoms with van der Waals surface area (Å²) in [6, 6.07) is 23.4. The minimum Gasteiger partial charge on any atom is -0.508 e. The summed E-state index contributed by atoms with van der Waals surface area (Å²) < 4.78 is 5.49. The Morgan fingerprint density at radius 3 is 2.32 bits per heavy atom. The lowest BCUT2D eigenvalue weighted by molar-refractivity contribution is 0.144. The molecule has 140 valence electrons. The summed E-state index contributed by atoms with van der Waals surface area (Å²) in [5, 5.41) is 12.2. The molecule has 0 aliphatic heterocycles. The summed E-state index contributed by atoms with van der Waals surface area (Å²) >= 11 is 0. The van der Waals surface area contributed by atoms with E-state index in [1.807, 2.05) is 42.5 Å². The molecule has 4 rings (SSSR count).